The lowest BCUT2D eigenvalue weighted by Gasteiger charge is -2.17. The van der Waals surface area contributed by atoms with E-state index < -0.39 is 0 Å². The summed E-state index contributed by atoms with van der Waals surface area (Å²) < 4.78 is 11.5. The molecular weight excluding hydrogens is 316 g/mol. The second-order valence-electron chi connectivity index (χ2n) is 4.64. The van der Waals surface area contributed by atoms with E-state index in [4.69, 9.17) is 21.1 Å². The van der Waals surface area contributed by atoms with Crippen LogP contribution in [0.25, 0.3) is 0 Å². The zero-order valence-corrected chi connectivity index (χ0v) is 13.6. The van der Waals surface area contributed by atoms with Gasteiger partial charge in [0.2, 0.25) is 0 Å². The minimum atomic E-state index is -0.0374. The van der Waals surface area contributed by atoms with Crippen LogP contribution in [0.15, 0.2) is 16.6 Å². The van der Waals surface area contributed by atoms with Gasteiger partial charge in [0.1, 0.15) is 16.0 Å². The molecule has 0 spiro atoms. The zero-order valence-electron chi connectivity index (χ0n) is 11.3. The second-order valence-corrected chi connectivity index (χ2v) is 5.96. The first-order valence-electron chi connectivity index (χ1n) is 6.05. The van der Waals surface area contributed by atoms with Crippen molar-refractivity contribution in [3.8, 4) is 11.5 Å². The van der Waals surface area contributed by atoms with Crippen LogP contribution in [-0.4, -0.2) is 14.2 Å². The van der Waals surface area contributed by atoms with Crippen LogP contribution in [0.2, 0.25) is 0 Å². The summed E-state index contributed by atoms with van der Waals surface area (Å²) in [5, 5.41) is -0.0374. The average molecular weight is 336 g/mol. The molecule has 102 valence electrons. The number of hydrogen-bond donors (Lipinski definition) is 0. The minimum absolute atomic E-state index is 0.0374. The summed E-state index contributed by atoms with van der Waals surface area (Å²) in [5.74, 6) is 2.17. The highest BCUT2D eigenvalue weighted by molar-refractivity contribution is 9.10. The summed E-state index contributed by atoms with van der Waals surface area (Å²) in [6, 6.07) is 3.88. The Kier molecular flexibility index (Phi) is 6.30. The Bertz CT molecular complexity index is 394. The first kappa shape index (κ1) is 15.6. The smallest absolute Gasteiger partial charge is 0.141 e. The van der Waals surface area contributed by atoms with Gasteiger partial charge in [0.25, 0.3) is 0 Å². The van der Waals surface area contributed by atoms with Gasteiger partial charge in [-0.25, -0.2) is 0 Å². The lowest BCUT2D eigenvalue weighted by molar-refractivity contribution is 0.384. The molecule has 0 aromatic heterocycles. The van der Waals surface area contributed by atoms with Gasteiger partial charge in [0.05, 0.1) is 19.6 Å². The van der Waals surface area contributed by atoms with Gasteiger partial charge in [0.15, 0.2) is 0 Å². The van der Waals surface area contributed by atoms with E-state index in [1.807, 2.05) is 12.1 Å². The van der Waals surface area contributed by atoms with Gasteiger partial charge in [-0.2, -0.15) is 0 Å². The van der Waals surface area contributed by atoms with Crippen molar-refractivity contribution in [3.63, 3.8) is 0 Å². The number of benzene rings is 1. The molecule has 0 saturated carbocycles. The van der Waals surface area contributed by atoms with Gasteiger partial charge in [-0.15, -0.1) is 11.6 Å². The molecule has 0 amide bonds. The highest BCUT2D eigenvalue weighted by atomic mass is 79.9. The fraction of sp³-hybridized carbons (Fsp3) is 0.571. The summed E-state index contributed by atoms with van der Waals surface area (Å²) in [6.45, 7) is 4.40. The van der Waals surface area contributed by atoms with E-state index in [0.717, 1.165) is 34.4 Å². The molecule has 1 atom stereocenters. The highest BCUT2D eigenvalue weighted by Gasteiger charge is 2.18. The lowest BCUT2D eigenvalue weighted by atomic mass is 10.0. The molecule has 0 aliphatic rings. The Morgan fingerprint density at radius 3 is 2.33 bits per heavy atom. The molecule has 0 fully saturated rings. The van der Waals surface area contributed by atoms with Crippen LogP contribution < -0.4 is 9.47 Å². The summed E-state index contributed by atoms with van der Waals surface area (Å²) in [4.78, 5) is 0. The summed E-state index contributed by atoms with van der Waals surface area (Å²) in [7, 11) is 3.28. The van der Waals surface area contributed by atoms with Crippen molar-refractivity contribution in [3.05, 3.63) is 22.2 Å². The number of hydrogen-bond acceptors (Lipinski definition) is 2. The molecule has 0 radical (unpaired) electrons. The third-order valence-corrected chi connectivity index (χ3v) is 4.06. The van der Waals surface area contributed by atoms with Crippen LogP contribution in [0.5, 0.6) is 11.5 Å². The van der Waals surface area contributed by atoms with E-state index in [0.29, 0.717) is 5.92 Å². The SMILES string of the molecule is COc1ccc(C(Cl)CCC(C)C)c(OC)c1Br. The van der Waals surface area contributed by atoms with Gasteiger partial charge < -0.3 is 9.47 Å². The van der Waals surface area contributed by atoms with Gasteiger partial charge in [-0.05, 0) is 40.8 Å². The van der Waals surface area contributed by atoms with Crippen LogP contribution in [-0.2, 0) is 0 Å². The molecule has 1 aromatic rings. The Labute approximate surface area is 123 Å². The van der Waals surface area contributed by atoms with E-state index in [2.05, 4.69) is 29.8 Å². The molecular formula is C14H20BrClO2. The number of ether oxygens (including phenoxy) is 2. The van der Waals surface area contributed by atoms with Gasteiger partial charge in [-0.1, -0.05) is 19.9 Å². The standard InChI is InChI=1S/C14H20BrClO2/c1-9(2)5-7-11(16)10-6-8-12(17-3)13(15)14(10)18-4/h6,8-9,11H,5,7H2,1-4H3. The highest BCUT2D eigenvalue weighted by Crippen LogP contribution is 2.42. The number of alkyl halides is 1. The first-order chi connectivity index (χ1) is 8.51. The van der Waals surface area contributed by atoms with Crippen LogP contribution in [0.4, 0.5) is 0 Å². The Balaban J connectivity index is 2.97. The number of methoxy groups -OCH3 is 2. The largest absolute Gasteiger partial charge is 0.495 e. The molecule has 0 aliphatic heterocycles. The molecule has 0 bridgehead atoms. The molecule has 2 nitrogen and oxygen atoms in total. The summed E-state index contributed by atoms with van der Waals surface area (Å²) in [5.41, 5.74) is 1.01. The molecule has 1 aromatic carbocycles. The second kappa shape index (κ2) is 7.25. The van der Waals surface area contributed by atoms with Crippen molar-refractivity contribution in [2.24, 2.45) is 5.92 Å². The van der Waals surface area contributed by atoms with Crippen molar-refractivity contribution in [2.75, 3.05) is 14.2 Å². The van der Waals surface area contributed by atoms with Gasteiger partial charge in [-0.3, -0.25) is 0 Å². The van der Waals surface area contributed by atoms with E-state index in [-0.39, 0.29) is 5.38 Å². The molecule has 1 rings (SSSR count). The molecule has 4 heteroatoms. The Morgan fingerprint density at radius 2 is 1.83 bits per heavy atom. The van der Waals surface area contributed by atoms with Gasteiger partial charge >= 0.3 is 0 Å². The summed E-state index contributed by atoms with van der Waals surface area (Å²) in [6.07, 6.45) is 2.04. The predicted molar refractivity (Wildman–Crippen MR) is 79.9 cm³/mol. The topological polar surface area (TPSA) is 18.5 Å². The maximum absolute atomic E-state index is 6.46. The Morgan fingerprint density at radius 1 is 1.17 bits per heavy atom. The number of halogens is 2. The third-order valence-electron chi connectivity index (χ3n) is 2.85. The Hall–Kier alpha value is -0.410. The monoisotopic (exact) mass is 334 g/mol. The molecule has 0 saturated heterocycles. The zero-order chi connectivity index (χ0) is 13.7. The fourth-order valence-corrected chi connectivity index (χ4v) is 2.78. The van der Waals surface area contributed by atoms with E-state index in [1.165, 1.54) is 0 Å². The lowest BCUT2D eigenvalue weighted by Crippen LogP contribution is -2.00. The maximum Gasteiger partial charge on any atom is 0.141 e. The molecule has 18 heavy (non-hydrogen) atoms. The van der Waals surface area contributed by atoms with Crippen molar-refractivity contribution in [2.45, 2.75) is 32.1 Å². The maximum atomic E-state index is 6.46. The van der Waals surface area contributed by atoms with E-state index in [1.54, 1.807) is 14.2 Å². The van der Waals surface area contributed by atoms with Crippen LogP contribution in [0, 0.1) is 5.92 Å². The molecule has 1 unspecified atom stereocenters. The van der Waals surface area contributed by atoms with Gasteiger partial charge in [0, 0.05) is 5.56 Å². The average Bonchev–Trinajstić information content (AvgIpc) is 2.35. The normalized spacial score (nSPS) is 12.6. The van der Waals surface area contributed by atoms with Crippen molar-refractivity contribution >= 4 is 27.5 Å². The first-order valence-corrected chi connectivity index (χ1v) is 7.28. The molecule has 0 heterocycles. The van der Waals surface area contributed by atoms with Crippen LogP contribution in [0.1, 0.15) is 37.6 Å². The van der Waals surface area contributed by atoms with Crippen molar-refractivity contribution < 1.29 is 9.47 Å². The third kappa shape index (κ3) is 3.79. The number of rotatable bonds is 6. The van der Waals surface area contributed by atoms with Crippen molar-refractivity contribution in [1.82, 2.24) is 0 Å². The van der Waals surface area contributed by atoms with Crippen LogP contribution >= 0.6 is 27.5 Å². The fourth-order valence-electron chi connectivity index (χ4n) is 1.80. The van der Waals surface area contributed by atoms with Crippen LogP contribution in [0.3, 0.4) is 0 Å². The summed E-state index contributed by atoms with van der Waals surface area (Å²) >= 11 is 9.95. The molecule has 0 aliphatic carbocycles. The van der Waals surface area contributed by atoms with E-state index in [9.17, 15) is 0 Å². The minimum Gasteiger partial charge on any atom is -0.495 e. The van der Waals surface area contributed by atoms with E-state index >= 15 is 0 Å². The quantitative estimate of drug-likeness (QED) is 0.667. The predicted octanol–water partition coefficient (Wildman–Crippen LogP) is 5.18. The molecule has 0 N–H and O–H groups in total. The van der Waals surface area contributed by atoms with Crippen molar-refractivity contribution in [1.29, 1.82) is 0 Å².